The Morgan fingerprint density at radius 1 is 0.762 bits per heavy atom. The Labute approximate surface area is 247 Å². The van der Waals surface area contributed by atoms with Crippen LogP contribution in [0, 0.1) is 11.8 Å². The second kappa shape index (κ2) is 12.1. The molecular formula is C29H41O12S-. The molecule has 5 aliphatic rings. The predicted molar refractivity (Wildman–Crippen MR) is 142 cm³/mol. The van der Waals surface area contributed by atoms with Crippen molar-refractivity contribution in [3.8, 4) is 0 Å². The Morgan fingerprint density at radius 2 is 1.36 bits per heavy atom. The molecule has 13 heteroatoms. The molecule has 4 saturated heterocycles. The largest absolute Gasteiger partial charge is 0.848 e. The Morgan fingerprint density at radius 3 is 2.00 bits per heavy atom. The minimum Gasteiger partial charge on any atom is -0.848 e. The average Bonchev–Trinajstić information content (AvgIpc) is 3.41. The van der Waals surface area contributed by atoms with E-state index in [0.717, 1.165) is 12.0 Å². The summed E-state index contributed by atoms with van der Waals surface area (Å²) in [5.41, 5.74) is 0.870. The van der Waals surface area contributed by atoms with Crippen LogP contribution >= 0.6 is 0 Å². The summed E-state index contributed by atoms with van der Waals surface area (Å²) in [6.07, 6.45) is -2.80. The topological polar surface area (TPSA) is 148 Å². The number of fused-ring (bicyclic) bond motifs is 3. The highest BCUT2D eigenvalue weighted by Crippen LogP contribution is 2.49. The molecule has 10 atom stereocenters. The number of ether oxygens (including phenoxy) is 8. The molecule has 0 spiro atoms. The molecule has 0 amide bonds. The van der Waals surface area contributed by atoms with Crippen LogP contribution < -0.4 is 5.11 Å². The van der Waals surface area contributed by atoms with Crippen molar-refractivity contribution in [2.45, 2.75) is 121 Å². The molecule has 0 bridgehead atoms. The first-order valence-corrected chi connectivity index (χ1v) is 15.4. The van der Waals surface area contributed by atoms with Gasteiger partial charge >= 0.3 is 10.6 Å². The Bertz CT molecular complexity index is 1180. The molecule has 0 N–H and O–H groups in total. The van der Waals surface area contributed by atoms with Gasteiger partial charge in [-0.25, -0.2) is 0 Å². The maximum Gasteiger partial charge on any atom is 0.425 e. The van der Waals surface area contributed by atoms with Crippen LogP contribution in [0.5, 0.6) is 0 Å². The zero-order chi connectivity index (χ0) is 30.4. The lowest BCUT2D eigenvalue weighted by atomic mass is 9.71. The molecule has 12 nitrogen and oxygen atoms in total. The fourth-order valence-electron chi connectivity index (χ4n) is 6.76. The number of benzene rings is 1. The van der Waals surface area contributed by atoms with Gasteiger partial charge in [0.15, 0.2) is 23.7 Å². The highest BCUT2D eigenvalue weighted by atomic mass is 32.2. The van der Waals surface area contributed by atoms with Crippen LogP contribution in [-0.4, -0.2) is 85.9 Å². The summed E-state index contributed by atoms with van der Waals surface area (Å²) >= 11 is 0. The molecule has 4 aliphatic heterocycles. The zero-order valence-corrected chi connectivity index (χ0v) is 25.6. The van der Waals surface area contributed by atoms with Gasteiger partial charge in [0.25, 0.3) is 0 Å². The molecule has 1 saturated carbocycles. The van der Waals surface area contributed by atoms with E-state index in [4.69, 9.17) is 50.5 Å². The SMILES string of the molecule is CC1(C)OC[C@@H]2[C@@H](C[C@@H]3OC(c4ccccc4)O[C@H]([C@H]4COC(C)(C)O4)[C@@H]3[O-])C[C@H]3OC(C)(C)O[C@H]3[C@@H]2O1.O=S(=O)=O. The van der Waals surface area contributed by atoms with Gasteiger partial charge in [0.05, 0.1) is 37.6 Å². The Kier molecular flexibility index (Phi) is 9.19. The van der Waals surface area contributed by atoms with Crippen molar-refractivity contribution in [1.29, 1.82) is 0 Å². The Balaban J connectivity index is 0.000000830. The van der Waals surface area contributed by atoms with E-state index in [0.29, 0.717) is 19.6 Å². The highest BCUT2D eigenvalue weighted by Gasteiger charge is 2.57. The van der Waals surface area contributed by atoms with Gasteiger partial charge in [-0.15, -0.1) is 12.6 Å². The van der Waals surface area contributed by atoms with Gasteiger partial charge in [0.1, 0.15) is 12.2 Å². The number of hydrogen-bond donors (Lipinski definition) is 0. The van der Waals surface area contributed by atoms with E-state index in [1.165, 1.54) is 0 Å². The minimum absolute atomic E-state index is 0.0547. The van der Waals surface area contributed by atoms with Gasteiger partial charge in [0, 0.05) is 11.5 Å². The van der Waals surface area contributed by atoms with Crippen LogP contribution in [0.4, 0.5) is 0 Å². The number of rotatable bonds is 4. The zero-order valence-electron chi connectivity index (χ0n) is 24.8. The van der Waals surface area contributed by atoms with Crippen molar-refractivity contribution in [3.05, 3.63) is 35.9 Å². The third-order valence-electron chi connectivity index (χ3n) is 8.42. The second-order valence-electron chi connectivity index (χ2n) is 12.9. The molecule has 1 aliphatic carbocycles. The minimum atomic E-state index is -3.11. The van der Waals surface area contributed by atoms with Crippen molar-refractivity contribution < 1.29 is 55.6 Å². The molecule has 1 unspecified atom stereocenters. The first-order chi connectivity index (χ1) is 19.6. The maximum absolute atomic E-state index is 13.9. The van der Waals surface area contributed by atoms with Crippen LogP contribution in [0.2, 0.25) is 0 Å². The summed E-state index contributed by atoms with van der Waals surface area (Å²) < 4.78 is 75.1. The molecule has 0 aromatic heterocycles. The Hall–Kier alpha value is -1.52. The van der Waals surface area contributed by atoms with Gasteiger partial charge in [-0.2, -0.15) is 0 Å². The van der Waals surface area contributed by atoms with Crippen molar-refractivity contribution in [2.24, 2.45) is 11.8 Å². The summed E-state index contributed by atoms with van der Waals surface area (Å²) in [5.74, 6) is -2.02. The third-order valence-corrected chi connectivity index (χ3v) is 8.42. The molecule has 4 heterocycles. The second-order valence-corrected chi connectivity index (χ2v) is 13.3. The standard InChI is InChI=1S/C29H41O9.O3S/c1-27(2)32-15-21(36-27)24-22(30)19(33-26(34-24)16-10-8-7-9-11-16)12-17-13-20-25(38-29(5,6)35-20)23-18(17)14-31-28(3,4)37-23;1-4(2)3/h7-11,17-26H,12-15H2,1-6H3;/q-1;/t17-,18+,19-,20+,21+,22+,23+,24+,25+,26?;/m0./s1. The first-order valence-electron chi connectivity index (χ1n) is 14.4. The first kappa shape index (κ1) is 31.9. The molecule has 236 valence electrons. The molecule has 6 rings (SSSR count). The van der Waals surface area contributed by atoms with Gasteiger partial charge in [0.2, 0.25) is 0 Å². The molecule has 1 aromatic carbocycles. The molecule has 1 aromatic rings. The maximum atomic E-state index is 13.9. The summed E-state index contributed by atoms with van der Waals surface area (Å²) in [4.78, 5) is 0. The van der Waals surface area contributed by atoms with E-state index in [9.17, 15) is 5.11 Å². The van der Waals surface area contributed by atoms with Crippen molar-refractivity contribution in [2.75, 3.05) is 13.2 Å². The van der Waals surface area contributed by atoms with E-state index in [1.807, 2.05) is 71.9 Å². The van der Waals surface area contributed by atoms with Crippen LogP contribution in [0.1, 0.15) is 66.2 Å². The van der Waals surface area contributed by atoms with E-state index in [1.54, 1.807) is 0 Å². The van der Waals surface area contributed by atoms with Gasteiger partial charge in [-0.1, -0.05) is 36.4 Å². The van der Waals surface area contributed by atoms with Crippen molar-refractivity contribution >= 4 is 10.6 Å². The molecule has 42 heavy (non-hydrogen) atoms. The van der Waals surface area contributed by atoms with E-state index in [2.05, 4.69) is 0 Å². The smallest absolute Gasteiger partial charge is 0.425 e. The van der Waals surface area contributed by atoms with Gasteiger partial charge in [-0.05, 0) is 60.3 Å². The third kappa shape index (κ3) is 7.23. The van der Waals surface area contributed by atoms with Crippen molar-refractivity contribution in [3.63, 3.8) is 0 Å². The fraction of sp³-hybridized carbons (Fsp3) is 0.793. The highest BCUT2D eigenvalue weighted by molar-refractivity contribution is 7.59. The lowest BCUT2D eigenvalue weighted by molar-refractivity contribution is -0.497. The average molecular weight is 614 g/mol. The quantitative estimate of drug-likeness (QED) is 0.489. The van der Waals surface area contributed by atoms with E-state index < -0.39 is 58.7 Å². The molecule has 0 radical (unpaired) electrons. The summed E-state index contributed by atoms with van der Waals surface area (Å²) in [5, 5.41) is 13.9. The van der Waals surface area contributed by atoms with E-state index >= 15 is 0 Å². The summed E-state index contributed by atoms with van der Waals surface area (Å²) in [6, 6.07) is 9.74. The number of hydrogen-bond acceptors (Lipinski definition) is 12. The predicted octanol–water partition coefficient (Wildman–Crippen LogP) is 2.04. The van der Waals surface area contributed by atoms with Crippen LogP contribution in [0.25, 0.3) is 0 Å². The van der Waals surface area contributed by atoms with Gasteiger partial charge < -0.3 is 43.0 Å². The lowest BCUT2D eigenvalue weighted by Gasteiger charge is -2.52. The van der Waals surface area contributed by atoms with Crippen LogP contribution in [-0.2, 0) is 48.5 Å². The van der Waals surface area contributed by atoms with Crippen molar-refractivity contribution in [1.82, 2.24) is 0 Å². The molecule has 5 fully saturated rings. The summed E-state index contributed by atoms with van der Waals surface area (Å²) in [6.45, 7) is 12.3. The summed E-state index contributed by atoms with van der Waals surface area (Å²) in [7, 11) is -3.11. The molecular weight excluding hydrogens is 572 g/mol. The van der Waals surface area contributed by atoms with Crippen LogP contribution in [0.15, 0.2) is 30.3 Å². The van der Waals surface area contributed by atoms with Gasteiger partial charge in [-0.3, -0.25) is 0 Å². The fourth-order valence-corrected chi connectivity index (χ4v) is 6.76. The van der Waals surface area contributed by atoms with Crippen LogP contribution in [0.3, 0.4) is 0 Å². The normalized spacial score (nSPS) is 41.6. The monoisotopic (exact) mass is 613 g/mol. The lowest BCUT2D eigenvalue weighted by Crippen LogP contribution is -2.62. The van der Waals surface area contributed by atoms with E-state index in [-0.39, 0.29) is 30.1 Å².